The van der Waals surface area contributed by atoms with Gasteiger partial charge in [-0.1, -0.05) is 35.9 Å². The molecule has 3 heterocycles. The highest BCUT2D eigenvalue weighted by Gasteiger charge is 2.31. The maximum atomic E-state index is 13.5. The fourth-order valence-corrected chi connectivity index (χ4v) is 6.52. The number of aromatic nitrogens is 3. The molecule has 1 amide bonds. The van der Waals surface area contributed by atoms with Crippen LogP contribution < -0.4 is 10.1 Å². The number of methoxy groups -OCH3 is 1. The quantitative estimate of drug-likeness (QED) is 0.384. The Kier molecular flexibility index (Phi) is 6.93. The molecule has 0 spiro atoms. The number of carbonyl (C=O) groups is 1. The van der Waals surface area contributed by atoms with Gasteiger partial charge in [0.15, 0.2) is 11.3 Å². The molecule has 4 aromatic rings. The van der Waals surface area contributed by atoms with Gasteiger partial charge in [0.1, 0.15) is 10.6 Å². The van der Waals surface area contributed by atoms with Crippen LogP contribution in [0.15, 0.2) is 53.4 Å². The van der Waals surface area contributed by atoms with E-state index in [1.165, 1.54) is 11.4 Å². The molecule has 2 aromatic heterocycles. The first-order chi connectivity index (χ1) is 18.2. The molecule has 1 aliphatic heterocycles. The van der Waals surface area contributed by atoms with Crippen molar-refractivity contribution in [2.75, 3.05) is 20.2 Å². The first kappa shape index (κ1) is 25.9. The van der Waals surface area contributed by atoms with Crippen LogP contribution in [-0.2, 0) is 16.6 Å². The van der Waals surface area contributed by atoms with Crippen molar-refractivity contribution in [3.05, 3.63) is 76.7 Å². The van der Waals surface area contributed by atoms with Gasteiger partial charge in [-0.05, 0) is 62.9 Å². The van der Waals surface area contributed by atoms with Crippen molar-refractivity contribution in [1.82, 2.24) is 24.2 Å². The molecule has 9 nitrogen and oxygen atoms in total. The third-order valence-corrected chi connectivity index (χ3v) is 8.74. The van der Waals surface area contributed by atoms with Gasteiger partial charge < -0.3 is 10.1 Å². The second-order valence-electron chi connectivity index (χ2n) is 9.64. The van der Waals surface area contributed by atoms with Crippen LogP contribution in [0.2, 0.25) is 0 Å². The lowest BCUT2D eigenvalue weighted by Crippen LogP contribution is -2.28. The average molecular weight is 534 g/mol. The first-order valence-corrected chi connectivity index (χ1v) is 14.0. The third kappa shape index (κ3) is 4.77. The number of amides is 1. The van der Waals surface area contributed by atoms with E-state index in [-0.39, 0.29) is 22.2 Å². The monoisotopic (exact) mass is 533 g/mol. The molecule has 5 rings (SSSR count). The van der Waals surface area contributed by atoms with Gasteiger partial charge >= 0.3 is 0 Å². The minimum atomic E-state index is -3.79. The molecule has 0 bridgehead atoms. The predicted octanol–water partition coefficient (Wildman–Crippen LogP) is 4.04. The molecule has 198 valence electrons. The molecule has 38 heavy (non-hydrogen) atoms. The molecule has 0 saturated carbocycles. The lowest BCUT2D eigenvalue weighted by Gasteiger charge is -2.18. The number of hydrogen-bond donors (Lipinski definition) is 1. The molecule has 1 saturated heterocycles. The Bertz CT molecular complexity index is 1620. The molecule has 0 aliphatic carbocycles. The summed E-state index contributed by atoms with van der Waals surface area (Å²) < 4.78 is 35.6. The SMILES string of the molecule is COc1ccc(-c2c(C(=O)NCc3ccc(C)cc3)nn3c(C)cc(C)nc23)cc1S(=O)(=O)N1CCCC1. The van der Waals surface area contributed by atoms with Gasteiger partial charge in [0.25, 0.3) is 5.91 Å². The summed E-state index contributed by atoms with van der Waals surface area (Å²) in [6.07, 6.45) is 1.64. The predicted molar refractivity (Wildman–Crippen MR) is 145 cm³/mol. The summed E-state index contributed by atoms with van der Waals surface area (Å²) >= 11 is 0. The van der Waals surface area contributed by atoms with E-state index in [4.69, 9.17) is 4.74 Å². The molecule has 0 unspecified atom stereocenters. The van der Waals surface area contributed by atoms with E-state index in [9.17, 15) is 13.2 Å². The summed E-state index contributed by atoms with van der Waals surface area (Å²) in [6.45, 7) is 7.05. The highest BCUT2D eigenvalue weighted by atomic mass is 32.2. The van der Waals surface area contributed by atoms with Gasteiger partial charge in [0.2, 0.25) is 10.0 Å². The van der Waals surface area contributed by atoms with Crippen molar-refractivity contribution in [2.45, 2.75) is 45.1 Å². The van der Waals surface area contributed by atoms with Crippen LogP contribution in [0.3, 0.4) is 0 Å². The highest BCUT2D eigenvalue weighted by Crippen LogP contribution is 2.36. The Morgan fingerprint density at radius 1 is 1.03 bits per heavy atom. The number of aryl methyl sites for hydroxylation is 3. The number of nitrogens with one attached hydrogen (secondary N) is 1. The molecule has 1 N–H and O–H groups in total. The number of hydrogen-bond acceptors (Lipinski definition) is 6. The van der Waals surface area contributed by atoms with E-state index in [0.29, 0.717) is 36.4 Å². The molecule has 10 heteroatoms. The summed E-state index contributed by atoms with van der Waals surface area (Å²) in [5, 5.41) is 7.58. The van der Waals surface area contributed by atoms with Gasteiger partial charge in [-0.25, -0.2) is 17.9 Å². The van der Waals surface area contributed by atoms with Crippen LogP contribution in [0.5, 0.6) is 5.75 Å². The van der Waals surface area contributed by atoms with E-state index in [1.54, 1.807) is 22.7 Å². The second-order valence-corrected chi connectivity index (χ2v) is 11.5. The van der Waals surface area contributed by atoms with Crippen LogP contribution in [0, 0.1) is 20.8 Å². The maximum absolute atomic E-state index is 13.5. The molecular formula is C28H31N5O4S. The number of sulfonamides is 1. The molecule has 1 aliphatic rings. The summed E-state index contributed by atoms with van der Waals surface area (Å²) in [6, 6.07) is 14.7. The van der Waals surface area contributed by atoms with Gasteiger partial charge in [-0.2, -0.15) is 9.40 Å². The fourth-order valence-electron chi connectivity index (χ4n) is 4.82. The van der Waals surface area contributed by atoms with Crippen LogP contribution in [0.4, 0.5) is 0 Å². The number of ether oxygens (including phenoxy) is 1. The van der Waals surface area contributed by atoms with Gasteiger partial charge in [0.05, 0.1) is 12.7 Å². The zero-order chi connectivity index (χ0) is 27.0. The maximum Gasteiger partial charge on any atom is 0.272 e. The Morgan fingerprint density at radius 2 is 1.74 bits per heavy atom. The zero-order valence-electron chi connectivity index (χ0n) is 22.0. The van der Waals surface area contributed by atoms with Crippen molar-refractivity contribution in [1.29, 1.82) is 0 Å². The smallest absolute Gasteiger partial charge is 0.272 e. The minimum Gasteiger partial charge on any atom is -0.495 e. The van der Waals surface area contributed by atoms with Crippen LogP contribution >= 0.6 is 0 Å². The topological polar surface area (TPSA) is 106 Å². The van der Waals surface area contributed by atoms with E-state index in [1.807, 2.05) is 51.1 Å². The molecular weight excluding hydrogens is 502 g/mol. The Hall–Kier alpha value is -3.76. The lowest BCUT2D eigenvalue weighted by molar-refractivity contribution is 0.0946. The number of benzene rings is 2. The first-order valence-electron chi connectivity index (χ1n) is 12.6. The minimum absolute atomic E-state index is 0.0640. The van der Waals surface area contributed by atoms with Gasteiger partial charge in [-0.15, -0.1) is 0 Å². The van der Waals surface area contributed by atoms with Crippen LogP contribution in [0.25, 0.3) is 16.8 Å². The molecule has 2 aromatic carbocycles. The Morgan fingerprint density at radius 3 is 2.42 bits per heavy atom. The average Bonchev–Trinajstić information content (AvgIpc) is 3.57. The van der Waals surface area contributed by atoms with Crippen molar-refractivity contribution in [3.63, 3.8) is 0 Å². The van der Waals surface area contributed by atoms with Crippen molar-refractivity contribution >= 4 is 21.6 Å². The zero-order valence-corrected chi connectivity index (χ0v) is 22.8. The van der Waals surface area contributed by atoms with Crippen molar-refractivity contribution in [2.24, 2.45) is 0 Å². The number of carbonyl (C=O) groups excluding carboxylic acids is 1. The van der Waals surface area contributed by atoms with E-state index in [2.05, 4.69) is 15.4 Å². The van der Waals surface area contributed by atoms with Gasteiger partial charge in [0, 0.05) is 31.0 Å². The number of rotatable bonds is 7. The number of fused-ring (bicyclic) bond motifs is 1. The Labute approximate surface area is 222 Å². The summed E-state index contributed by atoms with van der Waals surface area (Å²) in [5.74, 6) is -0.120. The van der Waals surface area contributed by atoms with Crippen molar-refractivity contribution < 1.29 is 17.9 Å². The van der Waals surface area contributed by atoms with Gasteiger partial charge in [-0.3, -0.25) is 4.79 Å². The van der Waals surface area contributed by atoms with Crippen LogP contribution in [-0.4, -0.2) is 53.4 Å². The normalized spacial score (nSPS) is 14.2. The van der Waals surface area contributed by atoms with Crippen molar-refractivity contribution in [3.8, 4) is 16.9 Å². The lowest BCUT2D eigenvalue weighted by atomic mass is 10.0. The highest BCUT2D eigenvalue weighted by molar-refractivity contribution is 7.89. The van der Waals surface area contributed by atoms with E-state index < -0.39 is 10.0 Å². The number of nitrogens with zero attached hydrogens (tertiary/aromatic N) is 4. The summed E-state index contributed by atoms with van der Waals surface area (Å²) in [4.78, 5) is 18.2. The fraction of sp³-hybridized carbons (Fsp3) is 0.321. The summed E-state index contributed by atoms with van der Waals surface area (Å²) in [5.41, 5.74) is 5.33. The Balaban J connectivity index is 1.63. The molecule has 1 fully saturated rings. The third-order valence-electron chi connectivity index (χ3n) is 6.82. The van der Waals surface area contributed by atoms with E-state index in [0.717, 1.165) is 35.4 Å². The molecule has 0 atom stereocenters. The van der Waals surface area contributed by atoms with E-state index >= 15 is 0 Å². The largest absolute Gasteiger partial charge is 0.495 e. The summed E-state index contributed by atoms with van der Waals surface area (Å²) in [7, 11) is -2.34. The standard InChI is InChI=1S/C28H31N5O4S/c1-18-7-9-21(10-8-18)17-29-28(34)26-25(27-30-19(2)15-20(3)33(27)31-26)22-11-12-23(37-4)24(16-22)38(35,36)32-13-5-6-14-32/h7-12,15-16H,5-6,13-14,17H2,1-4H3,(H,29,34). The second kappa shape index (κ2) is 10.2. The molecule has 0 radical (unpaired) electrons. The van der Waals surface area contributed by atoms with Crippen LogP contribution in [0.1, 0.15) is 45.8 Å².